The second kappa shape index (κ2) is 9.24. The highest BCUT2D eigenvalue weighted by Crippen LogP contribution is 2.31. The van der Waals surface area contributed by atoms with Gasteiger partial charge in [0.2, 0.25) is 5.88 Å². The Labute approximate surface area is 182 Å². The summed E-state index contributed by atoms with van der Waals surface area (Å²) in [5, 5.41) is 9.45. The fourth-order valence-corrected chi connectivity index (χ4v) is 3.15. The molecule has 2 aromatic carbocycles. The SMILES string of the molecule is C[C@H](CC(=O)c1cc(Cl)cnc1Oc1ccc(Cl)cc1F)c1ccc(C(=O)O)cc1. The normalized spacial score (nSPS) is 11.7. The van der Waals surface area contributed by atoms with E-state index in [0.29, 0.717) is 0 Å². The van der Waals surface area contributed by atoms with Gasteiger partial charge in [0.15, 0.2) is 17.3 Å². The van der Waals surface area contributed by atoms with Crippen molar-refractivity contribution in [2.45, 2.75) is 19.3 Å². The average Bonchev–Trinajstić information content (AvgIpc) is 2.71. The Morgan fingerprint density at radius 2 is 1.80 bits per heavy atom. The molecule has 0 aliphatic carbocycles. The lowest BCUT2D eigenvalue weighted by atomic mass is 9.93. The molecule has 8 heteroatoms. The summed E-state index contributed by atoms with van der Waals surface area (Å²) in [5.74, 6) is -2.42. The summed E-state index contributed by atoms with van der Waals surface area (Å²) in [6.45, 7) is 1.84. The van der Waals surface area contributed by atoms with Crippen molar-refractivity contribution in [2.24, 2.45) is 0 Å². The van der Waals surface area contributed by atoms with Gasteiger partial charge in [-0.15, -0.1) is 0 Å². The van der Waals surface area contributed by atoms with Crippen molar-refractivity contribution in [1.29, 1.82) is 0 Å². The highest BCUT2D eigenvalue weighted by molar-refractivity contribution is 6.31. The topological polar surface area (TPSA) is 76.5 Å². The lowest BCUT2D eigenvalue weighted by Gasteiger charge is -2.14. The van der Waals surface area contributed by atoms with Crippen molar-refractivity contribution >= 4 is 35.0 Å². The van der Waals surface area contributed by atoms with Crippen LogP contribution in [0.5, 0.6) is 11.6 Å². The minimum atomic E-state index is -1.02. The molecule has 3 rings (SSSR count). The maximum atomic E-state index is 14.1. The van der Waals surface area contributed by atoms with Crippen molar-refractivity contribution < 1.29 is 23.8 Å². The molecule has 0 saturated carbocycles. The Bertz CT molecular complexity index is 1100. The van der Waals surface area contributed by atoms with Crippen LogP contribution in [0.1, 0.15) is 45.5 Å². The minimum Gasteiger partial charge on any atom is -0.478 e. The number of carboxylic acids is 1. The summed E-state index contributed by atoms with van der Waals surface area (Å²) in [6, 6.07) is 11.6. The van der Waals surface area contributed by atoms with Crippen molar-refractivity contribution in [2.75, 3.05) is 0 Å². The Kier molecular flexibility index (Phi) is 6.70. The molecule has 1 atom stereocenters. The molecule has 0 aliphatic heterocycles. The van der Waals surface area contributed by atoms with Crippen molar-refractivity contribution in [3.63, 3.8) is 0 Å². The summed E-state index contributed by atoms with van der Waals surface area (Å²) in [5.41, 5.74) is 1.08. The van der Waals surface area contributed by atoms with Crippen LogP contribution in [0.4, 0.5) is 4.39 Å². The average molecular weight is 448 g/mol. The number of hydrogen-bond acceptors (Lipinski definition) is 4. The zero-order valence-corrected chi connectivity index (χ0v) is 17.2. The zero-order valence-electron chi connectivity index (χ0n) is 15.7. The van der Waals surface area contributed by atoms with Crippen molar-refractivity contribution in [3.8, 4) is 11.6 Å². The van der Waals surface area contributed by atoms with Crippen LogP contribution < -0.4 is 4.74 Å². The first-order valence-corrected chi connectivity index (χ1v) is 9.65. The first-order chi connectivity index (χ1) is 14.2. The highest BCUT2D eigenvalue weighted by Gasteiger charge is 2.20. The van der Waals surface area contributed by atoms with E-state index in [2.05, 4.69) is 4.98 Å². The molecule has 5 nitrogen and oxygen atoms in total. The predicted molar refractivity (Wildman–Crippen MR) is 111 cm³/mol. The van der Waals surface area contributed by atoms with Gasteiger partial charge < -0.3 is 9.84 Å². The minimum absolute atomic E-state index is 0.0703. The van der Waals surface area contributed by atoms with Gasteiger partial charge >= 0.3 is 5.97 Å². The van der Waals surface area contributed by atoms with E-state index in [9.17, 15) is 14.0 Å². The van der Waals surface area contributed by atoms with E-state index in [-0.39, 0.29) is 50.9 Å². The molecule has 3 aromatic rings. The van der Waals surface area contributed by atoms with E-state index < -0.39 is 11.8 Å². The molecule has 0 fully saturated rings. The van der Waals surface area contributed by atoms with E-state index in [4.69, 9.17) is 33.0 Å². The second-order valence-corrected chi connectivity index (χ2v) is 7.51. The molecule has 0 aliphatic rings. The van der Waals surface area contributed by atoms with Gasteiger partial charge in [-0.2, -0.15) is 0 Å². The van der Waals surface area contributed by atoms with Gasteiger partial charge in [0.05, 0.1) is 16.1 Å². The zero-order chi connectivity index (χ0) is 21.8. The molecule has 0 bridgehead atoms. The summed E-state index contributed by atoms with van der Waals surface area (Å²) in [4.78, 5) is 27.9. The quantitative estimate of drug-likeness (QED) is 0.424. The van der Waals surface area contributed by atoms with E-state index in [0.717, 1.165) is 11.6 Å². The number of ether oxygens (including phenoxy) is 1. The van der Waals surface area contributed by atoms with E-state index in [1.165, 1.54) is 36.5 Å². The number of halogens is 3. The number of ketones is 1. The summed E-state index contributed by atoms with van der Waals surface area (Å²) in [6.07, 6.45) is 1.39. The number of carbonyl (C=O) groups is 2. The van der Waals surface area contributed by atoms with Crippen LogP contribution in [-0.4, -0.2) is 21.8 Å². The maximum Gasteiger partial charge on any atom is 0.335 e. The first kappa shape index (κ1) is 21.7. The Hall–Kier alpha value is -2.96. The number of Topliss-reactive ketones (excluding diaryl/α,β-unsaturated/α-hetero) is 1. The number of benzene rings is 2. The van der Waals surface area contributed by atoms with Crippen LogP contribution >= 0.6 is 23.2 Å². The lowest BCUT2D eigenvalue weighted by Crippen LogP contribution is -2.08. The molecule has 154 valence electrons. The van der Waals surface area contributed by atoms with Gasteiger partial charge in [-0.1, -0.05) is 42.3 Å². The molecule has 0 amide bonds. The third-order valence-electron chi connectivity index (χ3n) is 4.44. The van der Waals surface area contributed by atoms with Crippen LogP contribution in [-0.2, 0) is 0 Å². The fourth-order valence-electron chi connectivity index (χ4n) is 2.83. The molecular formula is C22H16Cl2FNO4. The number of aromatic nitrogens is 1. The molecule has 1 aromatic heterocycles. The monoisotopic (exact) mass is 447 g/mol. The van der Waals surface area contributed by atoms with Crippen LogP contribution in [0.2, 0.25) is 10.0 Å². The number of aromatic carboxylic acids is 1. The molecule has 0 unspecified atom stereocenters. The summed E-state index contributed by atoms with van der Waals surface area (Å²) < 4.78 is 19.6. The molecule has 0 saturated heterocycles. The smallest absolute Gasteiger partial charge is 0.335 e. The summed E-state index contributed by atoms with van der Waals surface area (Å²) >= 11 is 11.7. The standard InChI is InChI=1S/C22H16Cl2FNO4/c1-12(13-2-4-14(5-3-13)22(28)29)8-19(27)17-9-16(24)11-26-21(17)30-20-7-6-15(23)10-18(20)25/h2-7,9-12H,8H2,1H3,(H,28,29)/t12-/m1/s1. The summed E-state index contributed by atoms with van der Waals surface area (Å²) in [7, 11) is 0. The lowest BCUT2D eigenvalue weighted by molar-refractivity contribution is 0.0696. The third-order valence-corrected chi connectivity index (χ3v) is 4.88. The molecule has 0 radical (unpaired) electrons. The van der Waals surface area contributed by atoms with E-state index in [1.807, 2.05) is 6.92 Å². The van der Waals surface area contributed by atoms with Crippen LogP contribution in [0.15, 0.2) is 54.7 Å². The molecule has 1 heterocycles. The number of hydrogen-bond donors (Lipinski definition) is 1. The van der Waals surface area contributed by atoms with Gasteiger partial charge in [0, 0.05) is 17.6 Å². The van der Waals surface area contributed by atoms with Crippen LogP contribution in [0.25, 0.3) is 0 Å². The van der Waals surface area contributed by atoms with Crippen molar-refractivity contribution in [1.82, 2.24) is 4.98 Å². The van der Waals surface area contributed by atoms with Gasteiger partial charge in [-0.3, -0.25) is 4.79 Å². The van der Waals surface area contributed by atoms with Gasteiger partial charge in [0.1, 0.15) is 0 Å². The highest BCUT2D eigenvalue weighted by atomic mass is 35.5. The van der Waals surface area contributed by atoms with E-state index >= 15 is 0 Å². The third kappa shape index (κ3) is 5.14. The number of nitrogens with zero attached hydrogens (tertiary/aromatic N) is 1. The maximum absolute atomic E-state index is 14.1. The van der Waals surface area contributed by atoms with Crippen LogP contribution in [0, 0.1) is 5.82 Å². The Morgan fingerprint density at radius 3 is 2.43 bits per heavy atom. The van der Waals surface area contributed by atoms with Gasteiger partial charge in [-0.25, -0.2) is 14.2 Å². The van der Waals surface area contributed by atoms with Gasteiger partial charge in [0.25, 0.3) is 0 Å². The molecular weight excluding hydrogens is 432 g/mol. The number of carbonyl (C=O) groups excluding carboxylic acids is 1. The number of rotatable bonds is 7. The molecule has 1 N–H and O–H groups in total. The first-order valence-electron chi connectivity index (χ1n) is 8.89. The van der Waals surface area contributed by atoms with Crippen LogP contribution in [0.3, 0.4) is 0 Å². The number of carboxylic acid groups (broad SMARTS) is 1. The largest absolute Gasteiger partial charge is 0.478 e. The number of pyridine rings is 1. The molecule has 0 spiro atoms. The Balaban J connectivity index is 1.82. The molecule has 30 heavy (non-hydrogen) atoms. The Morgan fingerprint density at radius 1 is 1.10 bits per heavy atom. The second-order valence-electron chi connectivity index (χ2n) is 6.64. The van der Waals surface area contributed by atoms with Crippen molar-refractivity contribution in [3.05, 3.63) is 87.3 Å². The van der Waals surface area contributed by atoms with Gasteiger partial charge in [-0.05, 0) is 47.9 Å². The fraction of sp³-hybridized carbons (Fsp3) is 0.136. The van der Waals surface area contributed by atoms with E-state index in [1.54, 1.807) is 12.1 Å². The predicted octanol–water partition coefficient (Wildman–Crippen LogP) is 6.39.